The number of hydrogen-bond donors (Lipinski definition) is 0. The van der Waals surface area contributed by atoms with Crippen LogP contribution in [-0.2, 0) is 4.57 Å². The minimum Gasteiger partial charge on any atom is -0.313 e. The van der Waals surface area contributed by atoms with Crippen LogP contribution in [0.1, 0.15) is 25.7 Å². The first-order valence-corrected chi connectivity index (χ1v) is 8.80. The van der Waals surface area contributed by atoms with E-state index in [1.54, 1.807) is 0 Å². The Balaban J connectivity index is 2.13. The second kappa shape index (κ2) is 5.35. The summed E-state index contributed by atoms with van der Waals surface area (Å²) in [4.78, 5) is 0. The highest BCUT2D eigenvalue weighted by molar-refractivity contribution is 7.79. The zero-order valence-corrected chi connectivity index (χ0v) is 11.9. The topological polar surface area (TPSA) is 17.1 Å². The predicted octanol–water partition coefficient (Wildman–Crippen LogP) is 3.94. The molecule has 1 nitrogen and oxygen atoms in total. The van der Waals surface area contributed by atoms with Crippen molar-refractivity contribution >= 4 is 17.8 Å². The van der Waals surface area contributed by atoms with Gasteiger partial charge in [-0.3, -0.25) is 0 Å². The number of benzene rings is 2. The van der Waals surface area contributed by atoms with Crippen molar-refractivity contribution in [3.8, 4) is 0 Å². The van der Waals surface area contributed by atoms with Crippen molar-refractivity contribution in [1.29, 1.82) is 0 Å². The van der Waals surface area contributed by atoms with Gasteiger partial charge in [-0.15, -0.1) is 0 Å². The Labute approximate surface area is 115 Å². The van der Waals surface area contributed by atoms with Gasteiger partial charge in [0.05, 0.1) is 0 Å². The quantitative estimate of drug-likeness (QED) is 0.772. The van der Waals surface area contributed by atoms with Gasteiger partial charge in [-0.1, -0.05) is 73.5 Å². The fourth-order valence-electron chi connectivity index (χ4n) is 3.14. The minimum absolute atomic E-state index is 0.331. The Hall–Kier alpha value is -1.33. The Kier molecular flexibility index (Phi) is 3.57. The van der Waals surface area contributed by atoms with Crippen molar-refractivity contribution in [3.05, 3.63) is 60.7 Å². The lowest BCUT2D eigenvalue weighted by molar-refractivity contribution is 0.577. The predicted molar refractivity (Wildman–Crippen MR) is 82.0 cm³/mol. The van der Waals surface area contributed by atoms with Gasteiger partial charge in [0.15, 0.2) is 0 Å². The Morgan fingerprint density at radius 1 is 0.737 bits per heavy atom. The maximum Gasteiger partial charge on any atom is 0.146 e. The van der Waals surface area contributed by atoms with Crippen LogP contribution in [0.2, 0.25) is 0 Å². The summed E-state index contributed by atoms with van der Waals surface area (Å²) >= 11 is 0. The summed E-state index contributed by atoms with van der Waals surface area (Å²) in [5.41, 5.74) is 0.331. The first kappa shape index (κ1) is 12.7. The van der Waals surface area contributed by atoms with Gasteiger partial charge in [-0.2, -0.15) is 0 Å². The van der Waals surface area contributed by atoms with E-state index in [1.165, 1.54) is 12.8 Å². The van der Waals surface area contributed by atoms with Crippen LogP contribution in [0.5, 0.6) is 0 Å². The van der Waals surface area contributed by atoms with Crippen LogP contribution in [0.4, 0.5) is 0 Å². The molecule has 19 heavy (non-hydrogen) atoms. The van der Waals surface area contributed by atoms with Gasteiger partial charge in [-0.25, -0.2) is 0 Å². The van der Waals surface area contributed by atoms with E-state index in [0.717, 1.165) is 23.5 Å². The van der Waals surface area contributed by atoms with Gasteiger partial charge in [0.2, 0.25) is 0 Å². The zero-order valence-electron chi connectivity index (χ0n) is 11.0. The first-order chi connectivity index (χ1) is 9.32. The second-order valence-corrected chi connectivity index (χ2v) is 8.35. The Morgan fingerprint density at radius 2 is 1.16 bits per heavy atom. The van der Waals surface area contributed by atoms with E-state index in [9.17, 15) is 4.57 Å². The lowest BCUT2D eigenvalue weighted by Crippen LogP contribution is -2.24. The molecule has 2 aromatic carbocycles. The van der Waals surface area contributed by atoms with E-state index in [-0.39, 0.29) is 0 Å². The molecular weight excluding hydrogens is 251 g/mol. The summed E-state index contributed by atoms with van der Waals surface area (Å²) in [6, 6.07) is 20.1. The van der Waals surface area contributed by atoms with E-state index in [4.69, 9.17) is 0 Å². The minimum atomic E-state index is -2.47. The largest absolute Gasteiger partial charge is 0.313 e. The molecular formula is C17H19OP. The van der Waals surface area contributed by atoms with E-state index in [2.05, 4.69) is 0 Å². The third-order valence-electron chi connectivity index (χ3n) is 4.12. The molecule has 0 aromatic heterocycles. The molecule has 0 unspecified atom stereocenters. The van der Waals surface area contributed by atoms with Crippen molar-refractivity contribution in [3.63, 3.8) is 0 Å². The third kappa shape index (κ3) is 2.28. The normalized spacial score (nSPS) is 16.6. The molecule has 0 N–H and O–H groups in total. The molecule has 0 aliphatic heterocycles. The molecule has 0 amide bonds. The molecule has 1 aliphatic rings. The third-order valence-corrected chi connectivity index (χ3v) is 7.79. The summed E-state index contributed by atoms with van der Waals surface area (Å²) in [7, 11) is -2.47. The van der Waals surface area contributed by atoms with Crippen LogP contribution in [0.15, 0.2) is 60.7 Å². The van der Waals surface area contributed by atoms with Gasteiger partial charge in [0, 0.05) is 16.3 Å². The standard InChI is InChI=1S/C17H19OP/c18-19(17-13-7-8-14-17,15-9-3-1-4-10-15)16-11-5-2-6-12-16/h1-6,9-12,17H,7-8,13-14H2. The van der Waals surface area contributed by atoms with Gasteiger partial charge < -0.3 is 4.57 Å². The Bertz CT molecular complexity index is 527. The van der Waals surface area contributed by atoms with Crippen LogP contribution in [0.3, 0.4) is 0 Å². The molecule has 1 fully saturated rings. The van der Waals surface area contributed by atoms with Crippen LogP contribution in [-0.4, -0.2) is 5.66 Å². The van der Waals surface area contributed by atoms with Gasteiger partial charge >= 0.3 is 0 Å². The summed E-state index contributed by atoms with van der Waals surface area (Å²) in [6.45, 7) is 0. The smallest absolute Gasteiger partial charge is 0.146 e. The highest BCUT2D eigenvalue weighted by Gasteiger charge is 2.37. The molecule has 0 bridgehead atoms. The van der Waals surface area contributed by atoms with E-state index < -0.39 is 7.14 Å². The molecule has 2 heteroatoms. The monoisotopic (exact) mass is 270 g/mol. The van der Waals surface area contributed by atoms with Crippen LogP contribution < -0.4 is 10.6 Å². The second-order valence-electron chi connectivity index (χ2n) is 5.27. The van der Waals surface area contributed by atoms with Crippen molar-refractivity contribution in [2.24, 2.45) is 0 Å². The molecule has 1 saturated carbocycles. The summed E-state index contributed by atoms with van der Waals surface area (Å²) in [6.07, 6.45) is 4.63. The first-order valence-electron chi connectivity index (χ1n) is 7.03. The molecule has 98 valence electrons. The molecule has 2 aromatic rings. The average molecular weight is 270 g/mol. The van der Waals surface area contributed by atoms with Crippen molar-refractivity contribution in [2.75, 3.05) is 0 Å². The van der Waals surface area contributed by atoms with Crippen LogP contribution in [0, 0.1) is 0 Å². The molecule has 1 aliphatic carbocycles. The van der Waals surface area contributed by atoms with Crippen molar-refractivity contribution < 1.29 is 4.57 Å². The Morgan fingerprint density at radius 3 is 1.58 bits per heavy atom. The number of hydrogen-bond acceptors (Lipinski definition) is 1. The molecule has 0 radical (unpaired) electrons. The molecule has 0 spiro atoms. The van der Waals surface area contributed by atoms with E-state index in [0.29, 0.717) is 5.66 Å². The van der Waals surface area contributed by atoms with Gasteiger partial charge in [-0.05, 0) is 12.8 Å². The fourth-order valence-corrected chi connectivity index (χ4v) is 6.60. The van der Waals surface area contributed by atoms with E-state index in [1.807, 2.05) is 60.7 Å². The fraction of sp³-hybridized carbons (Fsp3) is 0.294. The summed E-state index contributed by atoms with van der Waals surface area (Å²) in [5.74, 6) is 0. The summed E-state index contributed by atoms with van der Waals surface area (Å²) < 4.78 is 13.8. The highest BCUT2D eigenvalue weighted by atomic mass is 31.2. The molecule has 0 heterocycles. The maximum absolute atomic E-state index is 13.8. The van der Waals surface area contributed by atoms with Gasteiger partial charge in [0.25, 0.3) is 0 Å². The molecule has 0 saturated heterocycles. The molecule has 0 atom stereocenters. The van der Waals surface area contributed by atoms with Crippen LogP contribution in [0.25, 0.3) is 0 Å². The lowest BCUT2D eigenvalue weighted by atomic mass is 10.3. The maximum atomic E-state index is 13.8. The van der Waals surface area contributed by atoms with Crippen molar-refractivity contribution in [2.45, 2.75) is 31.3 Å². The van der Waals surface area contributed by atoms with Gasteiger partial charge in [0.1, 0.15) is 7.14 Å². The van der Waals surface area contributed by atoms with Crippen molar-refractivity contribution in [1.82, 2.24) is 0 Å². The highest BCUT2D eigenvalue weighted by Crippen LogP contribution is 2.54. The molecule has 3 rings (SSSR count). The lowest BCUT2D eigenvalue weighted by Gasteiger charge is -2.25. The summed E-state index contributed by atoms with van der Waals surface area (Å²) in [5, 5.41) is 2.04. The zero-order chi connectivity index (χ0) is 13.1. The SMILES string of the molecule is O=P(c1ccccc1)(c1ccccc1)C1CCCC1. The average Bonchev–Trinajstić information content (AvgIpc) is 3.03. The van der Waals surface area contributed by atoms with E-state index >= 15 is 0 Å². The van der Waals surface area contributed by atoms with Crippen LogP contribution >= 0.6 is 7.14 Å². The number of rotatable bonds is 3.